The van der Waals surface area contributed by atoms with Crippen LogP contribution in [0.5, 0.6) is 0 Å². The van der Waals surface area contributed by atoms with E-state index in [4.69, 9.17) is 17.3 Å². The number of anilines is 1. The minimum atomic E-state index is 0.189. The van der Waals surface area contributed by atoms with Gasteiger partial charge in [-0.15, -0.1) is 0 Å². The summed E-state index contributed by atoms with van der Waals surface area (Å²) in [5.74, 6) is 0. The number of rotatable bonds is 2. The molecular formula is C7H6ClN5S2. The van der Waals surface area contributed by atoms with Crippen LogP contribution in [0.15, 0.2) is 15.7 Å². The average molecular weight is 260 g/mol. The molecule has 78 valence electrons. The Balaban J connectivity index is 2.36. The Labute approximate surface area is 99.3 Å². The maximum Gasteiger partial charge on any atom is 0.223 e. The minimum absolute atomic E-state index is 0.189. The van der Waals surface area contributed by atoms with E-state index in [0.717, 1.165) is 4.34 Å². The molecule has 0 bridgehead atoms. The second-order valence-corrected chi connectivity index (χ2v) is 4.96. The summed E-state index contributed by atoms with van der Waals surface area (Å²) in [6.45, 7) is 1.78. The SMILES string of the molecule is Cc1nc(Cl)nc(Sc2ncns2)c1N. The molecule has 0 aliphatic rings. The van der Waals surface area contributed by atoms with Crippen molar-refractivity contribution in [3.8, 4) is 0 Å². The molecule has 0 saturated carbocycles. The third-order valence-corrected chi connectivity index (χ3v) is 3.49. The van der Waals surface area contributed by atoms with Crippen molar-refractivity contribution < 1.29 is 0 Å². The molecule has 2 rings (SSSR count). The Kier molecular flexibility index (Phi) is 3.03. The molecule has 0 aliphatic heterocycles. The van der Waals surface area contributed by atoms with Gasteiger partial charge in [-0.1, -0.05) is 0 Å². The summed E-state index contributed by atoms with van der Waals surface area (Å²) in [5.41, 5.74) is 7.02. The predicted molar refractivity (Wildman–Crippen MR) is 60.2 cm³/mol. The van der Waals surface area contributed by atoms with Gasteiger partial charge in [0.05, 0.1) is 11.4 Å². The van der Waals surface area contributed by atoms with E-state index in [9.17, 15) is 0 Å². The molecular weight excluding hydrogens is 254 g/mol. The van der Waals surface area contributed by atoms with Gasteiger partial charge in [-0.05, 0) is 41.8 Å². The average Bonchev–Trinajstić information content (AvgIpc) is 2.66. The molecule has 15 heavy (non-hydrogen) atoms. The third-order valence-electron chi connectivity index (χ3n) is 1.60. The topological polar surface area (TPSA) is 77.6 Å². The van der Waals surface area contributed by atoms with Gasteiger partial charge in [0.25, 0.3) is 0 Å². The van der Waals surface area contributed by atoms with Crippen LogP contribution in [0.4, 0.5) is 5.69 Å². The van der Waals surface area contributed by atoms with Crippen molar-refractivity contribution in [2.24, 2.45) is 0 Å². The van der Waals surface area contributed by atoms with E-state index < -0.39 is 0 Å². The molecule has 2 N–H and O–H groups in total. The zero-order valence-corrected chi connectivity index (χ0v) is 10.0. The van der Waals surface area contributed by atoms with E-state index in [2.05, 4.69) is 19.3 Å². The van der Waals surface area contributed by atoms with Crippen LogP contribution >= 0.6 is 34.9 Å². The maximum atomic E-state index is 5.82. The number of aryl methyl sites for hydroxylation is 1. The van der Waals surface area contributed by atoms with Crippen LogP contribution in [0.1, 0.15) is 5.69 Å². The molecule has 0 aromatic carbocycles. The molecule has 0 amide bonds. The standard InChI is InChI=1S/C7H6ClN5S2/c1-3-4(9)5(13-6(8)12-3)14-7-10-2-11-15-7/h2H,9H2,1H3. The van der Waals surface area contributed by atoms with Gasteiger partial charge < -0.3 is 5.73 Å². The van der Waals surface area contributed by atoms with E-state index in [1.165, 1.54) is 29.6 Å². The van der Waals surface area contributed by atoms with Crippen molar-refractivity contribution in [2.45, 2.75) is 16.3 Å². The first-order chi connectivity index (χ1) is 7.16. The van der Waals surface area contributed by atoms with Gasteiger partial charge in [0, 0.05) is 0 Å². The molecule has 0 fully saturated rings. The molecule has 2 heterocycles. The number of hydrogen-bond donors (Lipinski definition) is 1. The summed E-state index contributed by atoms with van der Waals surface area (Å²) < 4.78 is 4.66. The first kappa shape index (κ1) is 10.6. The number of nitrogen functional groups attached to an aromatic ring is 1. The molecule has 5 nitrogen and oxygen atoms in total. The van der Waals surface area contributed by atoms with E-state index >= 15 is 0 Å². The highest BCUT2D eigenvalue weighted by molar-refractivity contribution is 8.01. The lowest BCUT2D eigenvalue weighted by atomic mass is 10.4. The van der Waals surface area contributed by atoms with Gasteiger partial charge in [0.1, 0.15) is 11.4 Å². The van der Waals surface area contributed by atoms with Crippen molar-refractivity contribution in [1.29, 1.82) is 0 Å². The summed E-state index contributed by atoms with van der Waals surface area (Å²) in [6, 6.07) is 0. The lowest BCUT2D eigenvalue weighted by Gasteiger charge is -2.04. The monoisotopic (exact) mass is 259 g/mol. The molecule has 0 unspecified atom stereocenters. The highest BCUT2D eigenvalue weighted by Gasteiger charge is 2.10. The second kappa shape index (κ2) is 4.30. The van der Waals surface area contributed by atoms with E-state index in [1.807, 2.05) is 0 Å². The van der Waals surface area contributed by atoms with Crippen LogP contribution in [0.3, 0.4) is 0 Å². The van der Waals surface area contributed by atoms with E-state index in [0.29, 0.717) is 16.4 Å². The van der Waals surface area contributed by atoms with E-state index in [1.54, 1.807) is 6.92 Å². The van der Waals surface area contributed by atoms with Gasteiger partial charge in [-0.25, -0.2) is 15.0 Å². The highest BCUT2D eigenvalue weighted by Crippen LogP contribution is 2.32. The summed E-state index contributed by atoms with van der Waals surface area (Å²) in [6.07, 6.45) is 1.48. The molecule has 2 aromatic heterocycles. The van der Waals surface area contributed by atoms with Crippen molar-refractivity contribution in [3.63, 3.8) is 0 Å². The fraction of sp³-hybridized carbons (Fsp3) is 0.143. The van der Waals surface area contributed by atoms with Crippen molar-refractivity contribution in [1.82, 2.24) is 19.3 Å². The Bertz CT molecular complexity index is 472. The predicted octanol–water partition coefficient (Wildman–Crippen LogP) is 2.02. The summed E-state index contributed by atoms with van der Waals surface area (Å²) in [5, 5.41) is 0.804. The van der Waals surface area contributed by atoms with Crippen LogP contribution in [0.2, 0.25) is 5.28 Å². The number of nitrogens with two attached hydrogens (primary N) is 1. The Morgan fingerprint density at radius 1 is 1.47 bits per heavy atom. The molecule has 0 aliphatic carbocycles. The quantitative estimate of drug-likeness (QED) is 0.657. The van der Waals surface area contributed by atoms with Crippen LogP contribution in [0.25, 0.3) is 0 Å². The third kappa shape index (κ3) is 2.36. The van der Waals surface area contributed by atoms with Crippen molar-refractivity contribution in [2.75, 3.05) is 5.73 Å². The van der Waals surface area contributed by atoms with Gasteiger partial charge in [-0.3, -0.25) is 0 Å². The minimum Gasteiger partial charge on any atom is -0.395 e. The number of nitrogens with zero attached hydrogens (tertiary/aromatic N) is 4. The zero-order chi connectivity index (χ0) is 10.8. The first-order valence-electron chi connectivity index (χ1n) is 3.91. The van der Waals surface area contributed by atoms with Gasteiger partial charge in [0.15, 0.2) is 4.34 Å². The van der Waals surface area contributed by atoms with Crippen LogP contribution in [-0.2, 0) is 0 Å². The Hall–Kier alpha value is -0.920. The largest absolute Gasteiger partial charge is 0.395 e. The molecule has 0 saturated heterocycles. The van der Waals surface area contributed by atoms with Crippen LogP contribution in [-0.4, -0.2) is 19.3 Å². The lowest BCUT2D eigenvalue weighted by molar-refractivity contribution is 1.02. The van der Waals surface area contributed by atoms with Gasteiger partial charge in [-0.2, -0.15) is 4.37 Å². The van der Waals surface area contributed by atoms with Gasteiger partial charge in [0.2, 0.25) is 5.28 Å². The molecule has 2 aromatic rings. The van der Waals surface area contributed by atoms with Crippen molar-refractivity contribution >= 4 is 40.6 Å². The van der Waals surface area contributed by atoms with Gasteiger partial charge >= 0.3 is 0 Å². The fourth-order valence-electron chi connectivity index (χ4n) is 0.891. The summed E-state index contributed by atoms with van der Waals surface area (Å²) in [7, 11) is 0. The molecule has 0 atom stereocenters. The van der Waals surface area contributed by atoms with Crippen molar-refractivity contribution in [3.05, 3.63) is 17.3 Å². The number of hydrogen-bond acceptors (Lipinski definition) is 7. The van der Waals surface area contributed by atoms with Crippen LogP contribution in [0, 0.1) is 6.92 Å². The molecule has 8 heteroatoms. The summed E-state index contributed by atoms with van der Waals surface area (Å²) >= 11 is 8.35. The molecule has 0 radical (unpaired) electrons. The highest BCUT2D eigenvalue weighted by atomic mass is 35.5. The maximum absolute atomic E-state index is 5.82. The van der Waals surface area contributed by atoms with Crippen LogP contribution < -0.4 is 5.73 Å². The first-order valence-corrected chi connectivity index (χ1v) is 5.87. The lowest BCUT2D eigenvalue weighted by Crippen LogP contribution is -1.99. The Morgan fingerprint density at radius 2 is 2.27 bits per heavy atom. The zero-order valence-electron chi connectivity index (χ0n) is 7.64. The smallest absolute Gasteiger partial charge is 0.223 e. The van der Waals surface area contributed by atoms with E-state index in [-0.39, 0.29) is 5.28 Å². The second-order valence-electron chi connectivity index (χ2n) is 2.61. The fourth-order valence-corrected chi connectivity index (χ4v) is 2.60. The normalized spacial score (nSPS) is 10.5. The number of aromatic nitrogens is 4. The molecule has 0 spiro atoms. The summed E-state index contributed by atoms with van der Waals surface area (Å²) in [4.78, 5) is 12.0. The Morgan fingerprint density at radius 3 is 2.93 bits per heavy atom. The number of halogens is 1.